The van der Waals surface area contributed by atoms with E-state index in [1.54, 1.807) is 14.2 Å². The molecule has 1 aliphatic rings. The zero-order valence-electron chi connectivity index (χ0n) is 15.9. The van der Waals surface area contributed by atoms with Crippen molar-refractivity contribution < 1.29 is 22.6 Å². The number of ether oxygens (including phenoxy) is 2. The third kappa shape index (κ3) is 6.82. The van der Waals surface area contributed by atoms with Gasteiger partial charge in [0.1, 0.15) is 0 Å². The summed E-state index contributed by atoms with van der Waals surface area (Å²) in [5.41, 5.74) is 0.975. The Balaban J connectivity index is 1.86. The highest BCUT2D eigenvalue weighted by Gasteiger charge is 2.34. The van der Waals surface area contributed by atoms with Crippen LogP contribution in [0.15, 0.2) is 23.2 Å². The monoisotopic (exact) mass is 388 g/mol. The molecule has 1 aromatic rings. The number of benzene rings is 1. The van der Waals surface area contributed by atoms with E-state index in [-0.39, 0.29) is 6.04 Å². The van der Waals surface area contributed by atoms with Crippen molar-refractivity contribution in [2.75, 3.05) is 40.4 Å². The maximum Gasteiger partial charge on any atom is 0.401 e. The largest absolute Gasteiger partial charge is 0.493 e. The first-order chi connectivity index (χ1) is 12.8. The topological polar surface area (TPSA) is 58.1 Å². The van der Waals surface area contributed by atoms with E-state index < -0.39 is 12.7 Å². The molecule has 1 unspecified atom stereocenters. The fourth-order valence-corrected chi connectivity index (χ4v) is 3.02. The maximum absolute atomic E-state index is 12.5. The highest BCUT2D eigenvalue weighted by molar-refractivity contribution is 5.80. The molecule has 0 bridgehead atoms. The molecular weight excluding hydrogens is 361 g/mol. The molecule has 0 amide bonds. The van der Waals surface area contributed by atoms with Crippen molar-refractivity contribution in [2.45, 2.75) is 32.1 Å². The van der Waals surface area contributed by atoms with Crippen LogP contribution in [-0.4, -0.2) is 63.5 Å². The summed E-state index contributed by atoms with van der Waals surface area (Å²) in [6.45, 7) is 2.85. The van der Waals surface area contributed by atoms with Crippen molar-refractivity contribution in [2.24, 2.45) is 4.99 Å². The minimum atomic E-state index is -4.17. The molecule has 0 spiro atoms. The van der Waals surface area contributed by atoms with Gasteiger partial charge in [0, 0.05) is 32.7 Å². The van der Waals surface area contributed by atoms with Crippen LogP contribution >= 0.6 is 0 Å². The molecule has 1 saturated heterocycles. The van der Waals surface area contributed by atoms with Gasteiger partial charge in [-0.3, -0.25) is 9.89 Å². The molecule has 1 atom stereocenters. The summed E-state index contributed by atoms with van der Waals surface area (Å²) in [6.07, 6.45) is -3.52. The van der Waals surface area contributed by atoms with Gasteiger partial charge in [0.2, 0.25) is 0 Å². The molecule has 2 N–H and O–H groups in total. The number of nitrogens with one attached hydrogen (secondary N) is 2. The van der Waals surface area contributed by atoms with E-state index in [4.69, 9.17) is 9.47 Å². The summed E-state index contributed by atoms with van der Waals surface area (Å²) >= 11 is 0. The first-order valence-corrected chi connectivity index (χ1v) is 8.90. The third-order valence-electron chi connectivity index (χ3n) is 4.23. The summed E-state index contributed by atoms with van der Waals surface area (Å²) in [7, 11) is 3.22. The second kappa shape index (κ2) is 9.68. The van der Waals surface area contributed by atoms with Crippen LogP contribution in [0.2, 0.25) is 0 Å². The smallest absolute Gasteiger partial charge is 0.401 e. The molecule has 0 saturated carbocycles. The Kier molecular flexibility index (Phi) is 7.58. The first-order valence-electron chi connectivity index (χ1n) is 8.90. The van der Waals surface area contributed by atoms with Gasteiger partial charge in [0.15, 0.2) is 17.5 Å². The molecule has 9 heteroatoms. The van der Waals surface area contributed by atoms with Gasteiger partial charge < -0.3 is 20.1 Å². The summed E-state index contributed by atoms with van der Waals surface area (Å²) in [4.78, 5) is 5.56. The second-order valence-corrected chi connectivity index (χ2v) is 6.32. The normalized spacial score (nSPS) is 18.4. The fourth-order valence-electron chi connectivity index (χ4n) is 3.02. The molecule has 1 aliphatic heterocycles. The quantitative estimate of drug-likeness (QED) is 0.555. The van der Waals surface area contributed by atoms with Crippen LogP contribution < -0.4 is 20.1 Å². The lowest BCUT2D eigenvalue weighted by Gasteiger charge is -2.20. The number of rotatable bonds is 7. The molecule has 0 aliphatic carbocycles. The molecule has 1 heterocycles. The minimum absolute atomic E-state index is 0.0617. The molecule has 6 nitrogen and oxygen atoms in total. The molecule has 0 aromatic heterocycles. The Morgan fingerprint density at radius 2 is 2.11 bits per heavy atom. The van der Waals surface area contributed by atoms with Crippen LogP contribution in [0.3, 0.4) is 0 Å². The fraction of sp³-hybridized carbons (Fsp3) is 0.611. The van der Waals surface area contributed by atoms with Crippen molar-refractivity contribution in [3.8, 4) is 11.5 Å². The predicted octanol–water partition coefficient (Wildman–Crippen LogP) is 2.40. The molecule has 1 aromatic carbocycles. The van der Waals surface area contributed by atoms with E-state index in [9.17, 15) is 13.2 Å². The number of alkyl halides is 3. The lowest BCUT2D eigenvalue weighted by molar-refractivity contribution is -0.143. The van der Waals surface area contributed by atoms with E-state index in [0.717, 1.165) is 5.56 Å². The van der Waals surface area contributed by atoms with E-state index in [0.29, 0.717) is 50.1 Å². The summed E-state index contributed by atoms with van der Waals surface area (Å²) in [5, 5.41) is 6.37. The summed E-state index contributed by atoms with van der Waals surface area (Å²) in [6, 6.07) is 5.59. The van der Waals surface area contributed by atoms with Gasteiger partial charge in [-0.15, -0.1) is 0 Å². The molecule has 27 heavy (non-hydrogen) atoms. The van der Waals surface area contributed by atoms with Crippen molar-refractivity contribution >= 4 is 5.96 Å². The lowest BCUT2D eigenvalue weighted by Crippen LogP contribution is -2.44. The number of halogens is 3. The Hall–Kier alpha value is -2.16. The highest BCUT2D eigenvalue weighted by Crippen LogP contribution is 2.28. The summed E-state index contributed by atoms with van der Waals surface area (Å²) < 4.78 is 48.3. The highest BCUT2D eigenvalue weighted by atomic mass is 19.4. The molecule has 1 fully saturated rings. The first kappa shape index (κ1) is 21.1. The molecule has 2 rings (SSSR count). The Morgan fingerprint density at radius 1 is 1.33 bits per heavy atom. The minimum Gasteiger partial charge on any atom is -0.493 e. The van der Waals surface area contributed by atoms with Crippen LogP contribution in [-0.2, 0) is 6.54 Å². The van der Waals surface area contributed by atoms with Gasteiger partial charge >= 0.3 is 6.18 Å². The van der Waals surface area contributed by atoms with Crippen LogP contribution in [0.4, 0.5) is 13.2 Å². The zero-order valence-corrected chi connectivity index (χ0v) is 15.9. The average molecular weight is 388 g/mol. The van der Waals surface area contributed by atoms with E-state index in [1.165, 1.54) is 4.90 Å². The van der Waals surface area contributed by atoms with Gasteiger partial charge in [-0.05, 0) is 31.0 Å². The zero-order chi connectivity index (χ0) is 19.9. The van der Waals surface area contributed by atoms with Crippen molar-refractivity contribution in [1.29, 1.82) is 0 Å². The number of methoxy groups -OCH3 is 1. The predicted molar refractivity (Wildman–Crippen MR) is 98.4 cm³/mol. The van der Waals surface area contributed by atoms with Crippen LogP contribution in [0.1, 0.15) is 18.9 Å². The van der Waals surface area contributed by atoms with Gasteiger partial charge in [-0.2, -0.15) is 13.2 Å². The van der Waals surface area contributed by atoms with E-state index in [1.807, 2.05) is 25.1 Å². The van der Waals surface area contributed by atoms with Gasteiger partial charge in [0.05, 0.1) is 20.3 Å². The van der Waals surface area contributed by atoms with E-state index >= 15 is 0 Å². The third-order valence-corrected chi connectivity index (χ3v) is 4.23. The van der Waals surface area contributed by atoms with Gasteiger partial charge in [-0.25, -0.2) is 0 Å². The Bertz CT molecular complexity index is 638. The number of likely N-dealkylation sites (tertiary alicyclic amines) is 1. The lowest BCUT2D eigenvalue weighted by atomic mass is 10.2. The molecular formula is C18H27F3N4O2. The van der Waals surface area contributed by atoms with Crippen LogP contribution in [0.25, 0.3) is 0 Å². The second-order valence-electron chi connectivity index (χ2n) is 6.32. The molecule has 152 valence electrons. The molecule has 0 radical (unpaired) electrons. The number of guanidine groups is 1. The standard InChI is InChI=1S/C18H27F3N4O2/c1-4-27-15-6-5-13(9-16(15)26-3)10-23-17(22-2)24-14-7-8-25(11-14)12-18(19,20)21/h5-6,9,14H,4,7-8,10-12H2,1-3H3,(H2,22,23,24). The Labute approximate surface area is 157 Å². The van der Waals surface area contributed by atoms with Crippen LogP contribution in [0, 0.1) is 0 Å². The van der Waals surface area contributed by atoms with Crippen molar-refractivity contribution in [1.82, 2.24) is 15.5 Å². The summed E-state index contributed by atoms with van der Waals surface area (Å²) in [5.74, 6) is 1.89. The average Bonchev–Trinajstić information content (AvgIpc) is 3.04. The van der Waals surface area contributed by atoms with E-state index in [2.05, 4.69) is 15.6 Å². The van der Waals surface area contributed by atoms with Crippen molar-refractivity contribution in [3.63, 3.8) is 0 Å². The van der Waals surface area contributed by atoms with Gasteiger partial charge in [0.25, 0.3) is 0 Å². The van der Waals surface area contributed by atoms with Crippen molar-refractivity contribution in [3.05, 3.63) is 23.8 Å². The number of nitrogens with zero attached hydrogens (tertiary/aromatic N) is 2. The Morgan fingerprint density at radius 3 is 2.74 bits per heavy atom. The number of hydrogen-bond acceptors (Lipinski definition) is 4. The van der Waals surface area contributed by atoms with Crippen LogP contribution in [0.5, 0.6) is 11.5 Å². The number of aliphatic imine (C=N–C) groups is 1. The SMILES string of the molecule is CCOc1ccc(CNC(=NC)NC2CCN(CC(F)(F)F)C2)cc1OC. The maximum atomic E-state index is 12.5. The number of hydrogen-bond donors (Lipinski definition) is 2. The van der Waals surface area contributed by atoms with Gasteiger partial charge in [-0.1, -0.05) is 6.07 Å².